The molecule has 1 aliphatic rings. The molecule has 1 heterocycles. The van der Waals surface area contributed by atoms with E-state index < -0.39 is 24.0 Å². The molecule has 0 aliphatic carbocycles. The molecule has 0 unspecified atom stereocenters. The van der Waals surface area contributed by atoms with E-state index in [1.54, 1.807) is 4.90 Å². The van der Waals surface area contributed by atoms with Crippen molar-refractivity contribution in [3.63, 3.8) is 0 Å². The van der Waals surface area contributed by atoms with Gasteiger partial charge >= 0.3 is 0 Å². The SMILES string of the molecule is O=Cc1cc(F)c(OCC(=O)N2CCCCCC2)c(F)c1. The molecule has 0 bridgehead atoms. The van der Waals surface area contributed by atoms with E-state index in [0.29, 0.717) is 19.4 Å². The van der Waals surface area contributed by atoms with Crippen molar-refractivity contribution in [2.24, 2.45) is 0 Å². The van der Waals surface area contributed by atoms with Crippen LogP contribution in [0.3, 0.4) is 0 Å². The predicted molar refractivity (Wildman–Crippen MR) is 72.3 cm³/mol. The zero-order valence-corrected chi connectivity index (χ0v) is 11.6. The fraction of sp³-hybridized carbons (Fsp3) is 0.467. The number of hydrogen-bond donors (Lipinski definition) is 0. The summed E-state index contributed by atoms with van der Waals surface area (Å²) in [5.74, 6) is -2.87. The Labute approximate surface area is 121 Å². The van der Waals surface area contributed by atoms with Crippen LogP contribution in [-0.2, 0) is 4.79 Å². The van der Waals surface area contributed by atoms with Gasteiger partial charge in [0.2, 0.25) is 0 Å². The summed E-state index contributed by atoms with van der Waals surface area (Å²) >= 11 is 0. The molecule has 1 aromatic carbocycles. The Morgan fingerprint density at radius 1 is 1.14 bits per heavy atom. The molecule has 1 saturated heterocycles. The molecule has 4 nitrogen and oxygen atoms in total. The highest BCUT2D eigenvalue weighted by Gasteiger charge is 2.18. The Morgan fingerprint density at radius 2 is 1.71 bits per heavy atom. The van der Waals surface area contributed by atoms with Gasteiger partial charge in [-0.3, -0.25) is 9.59 Å². The van der Waals surface area contributed by atoms with Gasteiger partial charge in [-0.15, -0.1) is 0 Å². The second-order valence-corrected chi connectivity index (χ2v) is 5.02. The van der Waals surface area contributed by atoms with Crippen LogP contribution in [0.5, 0.6) is 5.75 Å². The van der Waals surface area contributed by atoms with Crippen molar-refractivity contribution < 1.29 is 23.1 Å². The Kier molecular flexibility index (Phi) is 5.25. The lowest BCUT2D eigenvalue weighted by Crippen LogP contribution is -2.35. The number of rotatable bonds is 4. The number of benzene rings is 1. The van der Waals surface area contributed by atoms with E-state index in [-0.39, 0.29) is 11.5 Å². The number of ether oxygens (including phenoxy) is 1. The molecule has 0 saturated carbocycles. The number of likely N-dealkylation sites (tertiary alicyclic amines) is 1. The lowest BCUT2D eigenvalue weighted by atomic mass is 10.2. The van der Waals surface area contributed by atoms with Gasteiger partial charge < -0.3 is 9.64 Å². The molecule has 1 fully saturated rings. The van der Waals surface area contributed by atoms with Gasteiger partial charge in [-0.1, -0.05) is 12.8 Å². The number of carbonyl (C=O) groups excluding carboxylic acids is 2. The summed E-state index contributed by atoms with van der Waals surface area (Å²) in [6.45, 7) is 0.892. The summed E-state index contributed by atoms with van der Waals surface area (Å²) in [7, 11) is 0. The van der Waals surface area contributed by atoms with E-state index >= 15 is 0 Å². The fourth-order valence-electron chi connectivity index (χ4n) is 2.33. The van der Waals surface area contributed by atoms with Crippen molar-refractivity contribution in [1.29, 1.82) is 0 Å². The number of nitrogens with zero attached hydrogens (tertiary/aromatic N) is 1. The Morgan fingerprint density at radius 3 is 2.24 bits per heavy atom. The fourth-order valence-corrected chi connectivity index (χ4v) is 2.33. The molecule has 114 valence electrons. The molecular formula is C15H17F2NO3. The third kappa shape index (κ3) is 4.00. The molecule has 1 aromatic rings. The quantitative estimate of drug-likeness (QED) is 0.802. The summed E-state index contributed by atoms with van der Waals surface area (Å²) in [5, 5.41) is 0. The van der Waals surface area contributed by atoms with Crippen LogP contribution in [0.1, 0.15) is 36.0 Å². The second-order valence-electron chi connectivity index (χ2n) is 5.02. The molecule has 0 N–H and O–H groups in total. The number of hydrogen-bond acceptors (Lipinski definition) is 3. The number of carbonyl (C=O) groups is 2. The average Bonchev–Trinajstić information content (AvgIpc) is 2.75. The van der Waals surface area contributed by atoms with E-state index in [1.807, 2.05) is 0 Å². The third-order valence-electron chi connectivity index (χ3n) is 3.46. The first-order valence-electron chi connectivity index (χ1n) is 6.96. The lowest BCUT2D eigenvalue weighted by Gasteiger charge is -2.20. The standard InChI is InChI=1S/C15H17F2NO3/c16-12-7-11(9-19)8-13(17)15(12)21-10-14(20)18-5-3-1-2-4-6-18/h7-9H,1-6,10H2. The maximum Gasteiger partial charge on any atom is 0.260 e. The van der Waals surface area contributed by atoms with E-state index in [9.17, 15) is 18.4 Å². The molecule has 1 amide bonds. The Bertz CT molecular complexity index is 503. The van der Waals surface area contributed by atoms with E-state index in [4.69, 9.17) is 4.74 Å². The highest BCUT2D eigenvalue weighted by Crippen LogP contribution is 2.23. The van der Waals surface area contributed by atoms with Gasteiger partial charge in [0.1, 0.15) is 6.29 Å². The minimum Gasteiger partial charge on any atom is -0.478 e. The van der Waals surface area contributed by atoms with Crippen molar-refractivity contribution in [1.82, 2.24) is 4.90 Å². The smallest absolute Gasteiger partial charge is 0.260 e. The number of aldehydes is 1. The van der Waals surface area contributed by atoms with Gasteiger partial charge in [0.25, 0.3) is 5.91 Å². The van der Waals surface area contributed by atoms with Crippen LogP contribution in [0.4, 0.5) is 8.78 Å². The maximum absolute atomic E-state index is 13.6. The van der Waals surface area contributed by atoms with Gasteiger partial charge in [-0.2, -0.15) is 0 Å². The predicted octanol–water partition coefficient (Wildman–Crippen LogP) is 2.56. The largest absolute Gasteiger partial charge is 0.478 e. The summed E-state index contributed by atoms with van der Waals surface area (Å²) in [6.07, 6.45) is 4.38. The van der Waals surface area contributed by atoms with Crippen LogP contribution in [0.25, 0.3) is 0 Å². The van der Waals surface area contributed by atoms with Crippen molar-refractivity contribution in [3.05, 3.63) is 29.3 Å². The van der Waals surface area contributed by atoms with Crippen LogP contribution in [-0.4, -0.2) is 36.8 Å². The van der Waals surface area contributed by atoms with Crippen LogP contribution < -0.4 is 4.74 Å². The van der Waals surface area contributed by atoms with Crippen molar-refractivity contribution in [2.75, 3.05) is 19.7 Å². The molecule has 2 rings (SSSR count). The highest BCUT2D eigenvalue weighted by molar-refractivity contribution is 5.78. The summed E-state index contributed by atoms with van der Waals surface area (Å²) in [5.41, 5.74) is -0.115. The molecule has 0 radical (unpaired) electrons. The number of halogens is 2. The number of amides is 1. The normalized spacial score (nSPS) is 15.4. The Hall–Kier alpha value is -1.98. The molecule has 1 aliphatic heterocycles. The van der Waals surface area contributed by atoms with Gasteiger partial charge in [0.15, 0.2) is 24.0 Å². The van der Waals surface area contributed by atoms with Crippen molar-refractivity contribution >= 4 is 12.2 Å². The first-order valence-corrected chi connectivity index (χ1v) is 6.96. The van der Waals surface area contributed by atoms with Crippen molar-refractivity contribution in [2.45, 2.75) is 25.7 Å². The first-order chi connectivity index (χ1) is 10.1. The van der Waals surface area contributed by atoms with Gasteiger partial charge in [-0.25, -0.2) is 8.78 Å². The maximum atomic E-state index is 13.6. The van der Waals surface area contributed by atoms with Crippen LogP contribution in [0, 0.1) is 11.6 Å². The summed E-state index contributed by atoms with van der Waals surface area (Å²) in [6, 6.07) is 1.75. The Balaban J connectivity index is 1.99. The molecule has 0 atom stereocenters. The van der Waals surface area contributed by atoms with Crippen LogP contribution >= 0.6 is 0 Å². The van der Waals surface area contributed by atoms with E-state index in [1.165, 1.54) is 0 Å². The minimum absolute atomic E-state index is 0.115. The second kappa shape index (κ2) is 7.15. The van der Waals surface area contributed by atoms with Gasteiger partial charge in [0, 0.05) is 18.7 Å². The molecule has 6 heteroatoms. The average molecular weight is 297 g/mol. The molecule has 0 spiro atoms. The monoisotopic (exact) mass is 297 g/mol. The third-order valence-corrected chi connectivity index (χ3v) is 3.46. The lowest BCUT2D eigenvalue weighted by molar-refractivity contribution is -0.133. The summed E-state index contributed by atoms with van der Waals surface area (Å²) < 4.78 is 32.2. The molecular weight excluding hydrogens is 280 g/mol. The zero-order chi connectivity index (χ0) is 15.2. The molecule has 0 aromatic heterocycles. The van der Waals surface area contributed by atoms with Crippen LogP contribution in [0.2, 0.25) is 0 Å². The zero-order valence-electron chi connectivity index (χ0n) is 11.6. The molecule has 21 heavy (non-hydrogen) atoms. The van der Waals surface area contributed by atoms with E-state index in [2.05, 4.69) is 0 Å². The van der Waals surface area contributed by atoms with Crippen molar-refractivity contribution in [3.8, 4) is 5.75 Å². The minimum atomic E-state index is -0.985. The highest BCUT2D eigenvalue weighted by atomic mass is 19.1. The topological polar surface area (TPSA) is 46.6 Å². The first kappa shape index (κ1) is 15.4. The van der Waals surface area contributed by atoms with Crippen LogP contribution in [0.15, 0.2) is 12.1 Å². The summed E-state index contributed by atoms with van der Waals surface area (Å²) in [4.78, 5) is 24.1. The van der Waals surface area contributed by atoms with Gasteiger partial charge in [-0.05, 0) is 25.0 Å². The van der Waals surface area contributed by atoms with E-state index in [0.717, 1.165) is 37.8 Å². The van der Waals surface area contributed by atoms with Gasteiger partial charge in [0.05, 0.1) is 0 Å².